The Bertz CT molecular complexity index is 382. The summed E-state index contributed by atoms with van der Waals surface area (Å²) in [4.78, 5) is 11.1. The molecule has 0 saturated carbocycles. The second-order valence-electron chi connectivity index (χ2n) is 3.44. The van der Waals surface area contributed by atoms with Crippen molar-refractivity contribution in [2.45, 2.75) is 13.3 Å². The van der Waals surface area contributed by atoms with E-state index >= 15 is 0 Å². The topological polar surface area (TPSA) is 58.6 Å². The van der Waals surface area contributed by atoms with Gasteiger partial charge in [0.05, 0.1) is 5.56 Å². The Balaban J connectivity index is 2.58. The normalized spacial score (nSPS) is 10.2. The number of carbonyl (C=O) groups is 1. The van der Waals surface area contributed by atoms with Crippen LogP contribution in [0, 0.1) is 0 Å². The largest absolute Gasteiger partial charge is 0.478 e. The van der Waals surface area contributed by atoms with E-state index in [0.717, 1.165) is 6.42 Å². The Kier molecular flexibility index (Phi) is 6.00. The van der Waals surface area contributed by atoms with Crippen LogP contribution < -0.4 is 5.32 Å². The predicted octanol–water partition coefficient (Wildman–Crippen LogP) is 2.99. The lowest BCUT2D eigenvalue weighted by Gasteiger charge is -2.10. The van der Waals surface area contributed by atoms with Gasteiger partial charge >= 0.3 is 5.97 Å². The highest BCUT2D eigenvalue weighted by Gasteiger charge is 2.13. The van der Waals surface area contributed by atoms with Gasteiger partial charge in [-0.25, -0.2) is 4.79 Å². The minimum absolute atomic E-state index is 0.268. The van der Waals surface area contributed by atoms with Crippen LogP contribution in [0.2, 0.25) is 0 Å². The number of hydrogen-bond acceptors (Lipinski definition) is 3. The Morgan fingerprint density at radius 2 is 2.29 bits per heavy atom. The third kappa shape index (κ3) is 4.36. The van der Waals surface area contributed by atoms with E-state index in [1.165, 1.54) is 0 Å². The van der Waals surface area contributed by atoms with Crippen LogP contribution in [-0.2, 0) is 4.74 Å². The van der Waals surface area contributed by atoms with Gasteiger partial charge in [-0.05, 0) is 41.4 Å². The molecule has 0 atom stereocenters. The number of rotatable bonds is 7. The number of benzene rings is 1. The molecule has 0 aliphatic heterocycles. The first kappa shape index (κ1) is 14.0. The summed E-state index contributed by atoms with van der Waals surface area (Å²) >= 11 is 3.24. The van der Waals surface area contributed by atoms with Crippen molar-refractivity contribution >= 4 is 27.6 Å². The molecular formula is C12H16BrNO3. The van der Waals surface area contributed by atoms with Crippen LogP contribution in [-0.4, -0.2) is 30.8 Å². The van der Waals surface area contributed by atoms with E-state index in [2.05, 4.69) is 21.2 Å². The fraction of sp³-hybridized carbons (Fsp3) is 0.417. The zero-order chi connectivity index (χ0) is 12.7. The van der Waals surface area contributed by atoms with Gasteiger partial charge in [-0.1, -0.05) is 6.07 Å². The molecule has 2 N–H and O–H groups in total. The van der Waals surface area contributed by atoms with Crippen molar-refractivity contribution < 1.29 is 14.6 Å². The van der Waals surface area contributed by atoms with Crippen molar-refractivity contribution in [3.63, 3.8) is 0 Å². The third-order valence-electron chi connectivity index (χ3n) is 2.21. The summed E-state index contributed by atoms with van der Waals surface area (Å²) in [6.07, 6.45) is 0.847. The van der Waals surface area contributed by atoms with Gasteiger partial charge in [0.1, 0.15) is 0 Å². The molecule has 0 heterocycles. The first-order valence-electron chi connectivity index (χ1n) is 5.50. The van der Waals surface area contributed by atoms with Crippen LogP contribution in [0.25, 0.3) is 0 Å². The molecular weight excluding hydrogens is 286 g/mol. The predicted molar refractivity (Wildman–Crippen MR) is 70.7 cm³/mol. The summed E-state index contributed by atoms with van der Waals surface area (Å²) < 4.78 is 5.79. The van der Waals surface area contributed by atoms with Gasteiger partial charge in [-0.3, -0.25) is 0 Å². The van der Waals surface area contributed by atoms with Crippen molar-refractivity contribution in [2.75, 3.05) is 25.1 Å². The van der Waals surface area contributed by atoms with Crippen molar-refractivity contribution in [3.8, 4) is 0 Å². The number of ether oxygens (including phenoxy) is 1. The fourth-order valence-electron chi connectivity index (χ4n) is 1.43. The standard InChI is InChI=1S/C12H16BrNO3/c1-2-17-8-4-7-14-10-6-3-5-9(13)11(10)12(15)16/h3,5-6,14H,2,4,7-8H2,1H3,(H,15,16). The van der Waals surface area contributed by atoms with Crippen LogP contribution in [0.1, 0.15) is 23.7 Å². The van der Waals surface area contributed by atoms with Gasteiger partial charge in [0.25, 0.3) is 0 Å². The average Bonchev–Trinajstić information content (AvgIpc) is 2.28. The molecule has 94 valence electrons. The molecule has 0 aliphatic carbocycles. The number of aromatic carboxylic acids is 1. The fourth-order valence-corrected chi connectivity index (χ4v) is 1.97. The van der Waals surface area contributed by atoms with Crippen LogP contribution >= 0.6 is 15.9 Å². The van der Waals surface area contributed by atoms with Crippen LogP contribution in [0.4, 0.5) is 5.69 Å². The van der Waals surface area contributed by atoms with Crippen molar-refractivity contribution in [1.29, 1.82) is 0 Å². The molecule has 17 heavy (non-hydrogen) atoms. The number of hydrogen-bond donors (Lipinski definition) is 2. The second kappa shape index (κ2) is 7.29. The van der Waals surface area contributed by atoms with Crippen LogP contribution in [0.3, 0.4) is 0 Å². The lowest BCUT2D eigenvalue weighted by Crippen LogP contribution is -2.10. The van der Waals surface area contributed by atoms with E-state index in [4.69, 9.17) is 9.84 Å². The van der Waals surface area contributed by atoms with Crippen LogP contribution in [0.15, 0.2) is 22.7 Å². The van der Waals surface area contributed by atoms with Gasteiger partial charge in [0, 0.05) is 29.9 Å². The number of carboxylic acid groups (broad SMARTS) is 1. The smallest absolute Gasteiger partial charge is 0.338 e. The lowest BCUT2D eigenvalue weighted by molar-refractivity contribution is 0.0697. The van der Waals surface area contributed by atoms with E-state index in [1.807, 2.05) is 6.92 Å². The molecule has 4 nitrogen and oxygen atoms in total. The van der Waals surface area contributed by atoms with Gasteiger partial charge in [0.2, 0.25) is 0 Å². The second-order valence-corrected chi connectivity index (χ2v) is 4.30. The Labute approximate surface area is 109 Å². The van der Waals surface area contributed by atoms with E-state index < -0.39 is 5.97 Å². The first-order chi connectivity index (χ1) is 8.16. The molecule has 0 radical (unpaired) electrons. The SMILES string of the molecule is CCOCCCNc1cccc(Br)c1C(=O)O. The minimum atomic E-state index is -0.940. The molecule has 1 aromatic carbocycles. The quantitative estimate of drug-likeness (QED) is 0.760. The van der Waals surface area contributed by atoms with Gasteiger partial charge in [-0.15, -0.1) is 0 Å². The van der Waals surface area contributed by atoms with Crippen molar-refractivity contribution in [3.05, 3.63) is 28.2 Å². The molecule has 0 bridgehead atoms. The first-order valence-corrected chi connectivity index (χ1v) is 6.29. The molecule has 0 saturated heterocycles. The molecule has 0 amide bonds. The van der Waals surface area contributed by atoms with Gasteiger partial charge < -0.3 is 15.2 Å². The van der Waals surface area contributed by atoms with E-state index in [-0.39, 0.29) is 5.56 Å². The minimum Gasteiger partial charge on any atom is -0.478 e. The van der Waals surface area contributed by atoms with E-state index in [0.29, 0.717) is 29.9 Å². The highest BCUT2D eigenvalue weighted by Crippen LogP contribution is 2.24. The monoisotopic (exact) mass is 301 g/mol. The zero-order valence-corrected chi connectivity index (χ0v) is 11.3. The summed E-state index contributed by atoms with van der Waals surface area (Å²) in [6, 6.07) is 5.28. The molecule has 0 unspecified atom stereocenters. The molecule has 0 spiro atoms. The Morgan fingerprint density at radius 3 is 2.94 bits per heavy atom. The number of halogens is 1. The summed E-state index contributed by atoms with van der Waals surface area (Å²) in [5.41, 5.74) is 0.896. The molecule has 1 aromatic rings. The Hall–Kier alpha value is -1.07. The molecule has 0 aliphatic rings. The van der Waals surface area contributed by atoms with Crippen molar-refractivity contribution in [1.82, 2.24) is 0 Å². The average molecular weight is 302 g/mol. The van der Waals surface area contributed by atoms with Gasteiger partial charge in [-0.2, -0.15) is 0 Å². The highest BCUT2D eigenvalue weighted by atomic mass is 79.9. The van der Waals surface area contributed by atoms with E-state index in [9.17, 15) is 4.79 Å². The summed E-state index contributed by atoms with van der Waals surface area (Å²) in [7, 11) is 0. The Morgan fingerprint density at radius 1 is 1.53 bits per heavy atom. The highest BCUT2D eigenvalue weighted by molar-refractivity contribution is 9.10. The maximum Gasteiger partial charge on any atom is 0.338 e. The molecule has 5 heteroatoms. The lowest BCUT2D eigenvalue weighted by atomic mass is 10.2. The number of carboxylic acids is 1. The number of nitrogens with one attached hydrogen (secondary N) is 1. The molecule has 0 fully saturated rings. The maximum atomic E-state index is 11.1. The van der Waals surface area contributed by atoms with Crippen LogP contribution in [0.5, 0.6) is 0 Å². The van der Waals surface area contributed by atoms with Gasteiger partial charge in [0.15, 0.2) is 0 Å². The molecule has 0 aromatic heterocycles. The zero-order valence-electron chi connectivity index (χ0n) is 9.70. The summed E-state index contributed by atoms with van der Waals surface area (Å²) in [6.45, 7) is 4.03. The van der Waals surface area contributed by atoms with Crippen molar-refractivity contribution in [2.24, 2.45) is 0 Å². The van der Waals surface area contributed by atoms with E-state index in [1.54, 1.807) is 18.2 Å². The number of anilines is 1. The summed E-state index contributed by atoms with van der Waals surface area (Å²) in [5, 5.41) is 12.2. The third-order valence-corrected chi connectivity index (χ3v) is 2.87. The maximum absolute atomic E-state index is 11.1. The summed E-state index contributed by atoms with van der Waals surface area (Å²) in [5.74, 6) is -0.940. The molecule has 1 rings (SSSR count).